The highest BCUT2D eigenvalue weighted by molar-refractivity contribution is 5.78. The van der Waals surface area contributed by atoms with Crippen molar-refractivity contribution >= 4 is 16.9 Å². The molecule has 3 aromatic rings. The second kappa shape index (κ2) is 9.98. The second-order valence-electron chi connectivity index (χ2n) is 6.79. The van der Waals surface area contributed by atoms with Crippen LogP contribution in [0.3, 0.4) is 0 Å². The summed E-state index contributed by atoms with van der Waals surface area (Å²) in [5, 5.41) is 2.84. The number of nitrogens with zero attached hydrogens (tertiary/aromatic N) is 4. The van der Waals surface area contributed by atoms with Crippen LogP contribution in [0.5, 0.6) is 5.75 Å². The average molecular weight is 427 g/mol. The van der Waals surface area contributed by atoms with E-state index in [0.717, 1.165) is 4.57 Å². The largest absolute Gasteiger partial charge is 0.497 e. The van der Waals surface area contributed by atoms with Gasteiger partial charge >= 0.3 is 5.69 Å². The molecule has 0 unspecified atom stereocenters. The molecule has 0 spiro atoms. The van der Waals surface area contributed by atoms with Gasteiger partial charge in [-0.2, -0.15) is 0 Å². The third kappa shape index (κ3) is 4.97. The Bertz CT molecular complexity index is 1180. The van der Waals surface area contributed by atoms with Gasteiger partial charge in [0.2, 0.25) is 5.91 Å². The van der Waals surface area contributed by atoms with E-state index in [9.17, 15) is 14.4 Å². The summed E-state index contributed by atoms with van der Waals surface area (Å²) >= 11 is 0. The molecular formula is C21H25N5O5. The van der Waals surface area contributed by atoms with Crippen molar-refractivity contribution in [2.45, 2.75) is 19.9 Å². The number of rotatable bonds is 9. The van der Waals surface area contributed by atoms with Gasteiger partial charge in [0.15, 0.2) is 11.5 Å². The number of ether oxygens (including phenoxy) is 2. The molecule has 164 valence electrons. The number of hydrogen-bond acceptors (Lipinski definition) is 7. The van der Waals surface area contributed by atoms with Gasteiger partial charge in [-0.15, -0.1) is 0 Å². The van der Waals surface area contributed by atoms with E-state index in [1.165, 1.54) is 17.8 Å². The van der Waals surface area contributed by atoms with Crippen molar-refractivity contribution in [2.24, 2.45) is 7.05 Å². The molecule has 10 heteroatoms. The summed E-state index contributed by atoms with van der Waals surface area (Å²) in [5.41, 5.74) is -0.319. The molecule has 2 heterocycles. The van der Waals surface area contributed by atoms with Gasteiger partial charge < -0.3 is 14.8 Å². The molecule has 3 rings (SSSR count). The molecule has 0 fully saturated rings. The normalized spacial score (nSPS) is 10.9. The van der Waals surface area contributed by atoms with E-state index in [2.05, 4.69) is 15.3 Å². The SMILES string of the molecule is CCOCCCNC(=O)Cn1c(=O)c2cnc(-c3ccc(OC)cc3)nc2n(C)c1=O. The first-order valence-corrected chi connectivity index (χ1v) is 9.91. The molecule has 0 saturated heterocycles. The lowest BCUT2D eigenvalue weighted by Gasteiger charge is -2.11. The standard InChI is InChI=1S/C21H25N5O5/c1-4-31-11-5-10-22-17(27)13-26-20(28)16-12-23-18(24-19(16)25(2)21(26)29)14-6-8-15(30-3)9-7-14/h6-9,12H,4-5,10-11,13H2,1-3H3,(H,22,27). The summed E-state index contributed by atoms with van der Waals surface area (Å²) in [4.78, 5) is 46.4. The van der Waals surface area contributed by atoms with Gasteiger partial charge in [-0.1, -0.05) is 0 Å². The van der Waals surface area contributed by atoms with Crippen LogP contribution < -0.4 is 21.3 Å². The van der Waals surface area contributed by atoms with Crippen molar-refractivity contribution in [1.82, 2.24) is 24.4 Å². The maximum absolute atomic E-state index is 12.8. The molecule has 0 saturated carbocycles. The highest BCUT2D eigenvalue weighted by Crippen LogP contribution is 2.19. The van der Waals surface area contributed by atoms with Crippen LogP contribution in [0.25, 0.3) is 22.4 Å². The summed E-state index contributed by atoms with van der Waals surface area (Å²) in [6.45, 7) is 3.05. The first-order chi connectivity index (χ1) is 15.0. The Morgan fingerprint density at radius 2 is 1.94 bits per heavy atom. The van der Waals surface area contributed by atoms with Crippen molar-refractivity contribution in [2.75, 3.05) is 26.9 Å². The lowest BCUT2D eigenvalue weighted by molar-refractivity contribution is -0.121. The van der Waals surface area contributed by atoms with Gasteiger partial charge in [0.25, 0.3) is 5.56 Å². The first kappa shape index (κ1) is 22.2. The van der Waals surface area contributed by atoms with Gasteiger partial charge in [-0.3, -0.25) is 18.7 Å². The third-order valence-electron chi connectivity index (χ3n) is 4.72. The molecule has 10 nitrogen and oxygen atoms in total. The number of benzene rings is 1. The number of hydrogen-bond donors (Lipinski definition) is 1. The van der Waals surface area contributed by atoms with Crippen molar-refractivity contribution < 1.29 is 14.3 Å². The molecule has 0 aliphatic heterocycles. The zero-order chi connectivity index (χ0) is 22.4. The maximum Gasteiger partial charge on any atom is 0.332 e. The van der Waals surface area contributed by atoms with E-state index >= 15 is 0 Å². The molecule has 0 aliphatic rings. The van der Waals surface area contributed by atoms with E-state index in [1.54, 1.807) is 31.4 Å². The van der Waals surface area contributed by atoms with Gasteiger partial charge in [0, 0.05) is 38.6 Å². The predicted molar refractivity (Wildman–Crippen MR) is 115 cm³/mol. The van der Waals surface area contributed by atoms with Gasteiger partial charge in [-0.05, 0) is 37.6 Å². The summed E-state index contributed by atoms with van der Waals surface area (Å²) in [6.07, 6.45) is 2.02. The molecule has 1 N–H and O–H groups in total. The van der Waals surface area contributed by atoms with Gasteiger partial charge in [0.1, 0.15) is 17.7 Å². The Kier molecular flexibility index (Phi) is 7.14. The predicted octanol–water partition coefficient (Wildman–Crippen LogP) is 0.709. The lowest BCUT2D eigenvalue weighted by atomic mass is 10.2. The Morgan fingerprint density at radius 1 is 1.19 bits per heavy atom. The van der Waals surface area contributed by atoms with Crippen LogP contribution in [-0.4, -0.2) is 51.9 Å². The number of fused-ring (bicyclic) bond motifs is 1. The molecule has 0 atom stereocenters. The van der Waals surface area contributed by atoms with Gasteiger partial charge in [-0.25, -0.2) is 14.8 Å². The zero-order valence-corrected chi connectivity index (χ0v) is 17.8. The number of amides is 1. The smallest absolute Gasteiger partial charge is 0.332 e. The van der Waals surface area contributed by atoms with Crippen molar-refractivity contribution in [3.63, 3.8) is 0 Å². The average Bonchev–Trinajstić information content (AvgIpc) is 2.80. The van der Waals surface area contributed by atoms with Crippen LogP contribution >= 0.6 is 0 Å². The third-order valence-corrected chi connectivity index (χ3v) is 4.72. The Balaban J connectivity index is 1.87. The summed E-state index contributed by atoms with van der Waals surface area (Å²) < 4.78 is 12.5. The minimum absolute atomic E-state index is 0.156. The number of aromatic nitrogens is 4. The molecule has 1 amide bonds. The minimum Gasteiger partial charge on any atom is -0.497 e. The van der Waals surface area contributed by atoms with E-state index in [0.29, 0.717) is 43.3 Å². The van der Waals surface area contributed by atoms with Crippen molar-refractivity contribution in [1.29, 1.82) is 0 Å². The molecule has 0 aliphatic carbocycles. The van der Waals surface area contributed by atoms with Crippen LogP contribution in [0, 0.1) is 0 Å². The Labute approximate surface area is 178 Å². The molecule has 0 radical (unpaired) electrons. The summed E-state index contributed by atoms with van der Waals surface area (Å²) in [5.74, 6) is 0.635. The Hall–Kier alpha value is -3.53. The van der Waals surface area contributed by atoms with Crippen LogP contribution in [0.2, 0.25) is 0 Å². The number of methoxy groups -OCH3 is 1. The first-order valence-electron chi connectivity index (χ1n) is 9.91. The maximum atomic E-state index is 12.8. The molecule has 1 aromatic carbocycles. The fraction of sp³-hybridized carbons (Fsp3) is 0.381. The highest BCUT2D eigenvalue weighted by atomic mass is 16.5. The van der Waals surface area contributed by atoms with Crippen LogP contribution in [0.1, 0.15) is 13.3 Å². The zero-order valence-electron chi connectivity index (χ0n) is 17.8. The van der Waals surface area contributed by atoms with E-state index in [4.69, 9.17) is 9.47 Å². The molecule has 2 aromatic heterocycles. The fourth-order valence-electron chi connectivity index (χ4n) is 3.05. The molecular weight excluding hydrogens is 402 g/mol. The lowest BCUT2D eigenvalue weighted by Crippen LogP contribution is -2.43. The van der Waals surface area contributed by atoms with E-state index in [1.807, 2.05) is 6.92 Å². The number of nitrogens with one attached hydrogen (secondary N) is 1. The quantitative estimate of drug-likeness (QED) is 0.500. The number of carbonyl (C=O) groups is 1. The van der Waals surface area contributed by atoms with Crippen molar-refractivity contribution in [3.8, 4) is 17.1 Å². The monoisotopic (exact) mass is 427 g/mol. The number of aryl methyl sites for hydroxylation is 1. The fourth-order valence-corrected chi connectivity index (χ4v) is 3.05. The number of carbonyl (C=O) groups excluding carboxylic acids is 1. The Morgan fingerprint density at radius 3 is 2.61 bits per heavy atom. The van der Waals surface area contributed by atoms with Crippen LogP contribution in [0.15, 0.2) is 40.1 Å². The van der Waals surface area contributed by atoms with Crippen LogP contribution in [0.4, 0.5) is 0 Å². The van der Waals surface area contributed by atoms with E-state index in [-0.39, 0.29) is 17.6 Å². The molecule has 31 heavy (non-hydrogen) atoms. The molecule has 0 bridgehead atoms. The van der Waals surface area contributed by atoms with Crippen LogP contribution in [-0.2, 0) is 23.1 Å². The minimum atomic E-state index is -0.624. The van der Waals surface area contributed by atoms with Gasteiger partial charge in [0.05, 0.1) is 7.11 Å². The highest BCUT2D eigenvalue weighted by Gasteiger charge is 2.16. The van der Waals surface area contributed by atoms with E-state index < -0.39 is 17.2 Å². The summed E-state index contributed by atoms with van der Waals surface area (Å²) in [7, 11) is 3.08. The summed E-state index contributed by atoms with van der Waals surface area (Å²) in [6, 6.07) is 7.12. The second-order valence-corrected chi connectivity index (χ2v) is 6.79. The van der Waals surface area contributed by atoms with Crippen molar-refractivity contribution in [3.05, 3.63) is 51.3 Å². The topological polar surface area (TPSA) is 117 Å².